The number of hydrogen-bond acceptors (Lipinski definition) is 5. The highest BCUT2D eigenvalue weighted by Crippen LogP contribution is 2.26. The van der Waals surface area contributed by atoms with Gasteiger partial charge in [-0.2, -0.15) is 8.78 Å². The zero-order valence-corrected chi connectivity index (χ0v) is 17.5. The van der Waals surface area contributed by atoms with E-state index in [1.807, 2.05) is 24.3 Å². The molecule has 29 heavy (non-hydrogen) atoms. The summed E-state index contributed by atoms with van der Waals surface area (Å²) < 4.78 is 29.5. The van der Waals surface area contributed by atoms with E-state index in [0.717, 1.165) is 15.6 Å². The van der Waals surface area contributed by atoms with E-state index in [2.05, 4.69) is 41.2 Å². The number of aromatic nitrogens is 3. The molecule has 1 amide bonds. The first-order valence-corrected chi connectivity index (χ1v) is 10.4. The molecule has 2 N–H and O–H groups in total. The van der Waals surface area contributed by atoms with Crippen LogP contribution < -0.4 is 10.1 Å². The first-order chi connectivity index (χ1) is 14.0. The van der Waals surface area contributed by atoms with E-state index in [1.165, 1.54) is 23.9 Å². The molecular formula is C19H17BrF2N4O2S. The second-order valence-corrected chi connectivity index (χ2v) is 7.65. The Morgan fingerprint density at radius 1 is 1.21 bits per heavy atom. The summed E-state index contributed by atoms with van der Waals surface area (Å²) in [7, 11) is 0. The molecule has 0 bridgehead atoms. The highest BCUT2D eigenvalue weighted by Gasteiger charge is 2.11. The van der Waals surface area contributed by atoms with Gasteiger partial charge in [0.1, 0.15) is 5.75 Å². The van der Waals surface area contributed by atoms with Crippen molar-refractivity contribution < 1.29 is 18.3 Å². The lowest BCUT2D eigenvalue weighted by Gasteiger charge is -2.07. The van der Waals surface area contributed by atoms with Gasteiger partial charge < -0.3 is 10.1 Å². The van der Waals surface area contributed by atoms with Crippen molar-refractivity contribution in [3.05, 3.63) is 58.6 Å². The van der Waals surface area contributed by atoms with Gasteiger partial charge in [-0.3, -0.25) is 9.89 Å². The number of thioether (sulfide) groups is 1. The smallest absolute Gasteiger partial charge is 0.387 e. The van der Waals surface area contributed by atoms with Crippen molar-refractivity contribution in [2.45, 2.75) is 18.2 Å². The van der Waals surface area contributed by atoms with Gasteiger partial charge in [-0.15, -0.1) is 5.10 Å². The minimum atomic E-state index is -2.84. The van der Waals surface area contributed by atoms with Gasteiger partial charge in [-0.1, -0.05) is 58.0 Å². The normalized spacial score (nSPS) is 10.9. The summed E-state index contributed by atoms with van der Waals surface area (Å²) in [5.74, 6) is 0.783. The van der Waals surface area contributed by atoms with Crippen LogP contribution in [0.1, 0.15) is 5.56 Å². The topological polar surface area (TPSA) is 79.9 Å². The number of rotatable bonds is 9. The molecule has 0 aliphatic carbocycles. The maximum Gasteiger partial charge on any atom is 0.387 e. The van der Waals surface area contributed by atoms with Crippen LogP contribution in [-0.2, 0) is 11.2 Å². The quantitative estimate of drug-likeness (QED) is 0.444. The van der Waals surface area contributed by atoms with Crippen LogP contribution in [0.25, 0.3) is 11.4 Å². The Labute approximate surface area is 178 Å². The number of aromatic amines is 1. The molecule has 1 heterocycles. The Morgan fingerprint density at radius 2 is 1.97 bits per heavy atom. The molecular weight excluding hydrogens is 466 g/mol. The number of benzene rings is 2. The van der Waals surface area contributed by atoms with E-state index in [9.17, 15) is 13.6 Å². The van der Waals surface area contributed by atoms with Crippen LogP contribution >= 0.6 is 27.7 Å². The third kappa shape index (κ3) is 6.53. The molecule has 6 nitrogen and oxygen atoms in total. The zero-order valence-electron chi connectivity index (χ0n) is 15.1. The van der Waals surface area contributed by atoms with E-state index < -0.39 is 6.61 Å². The van der Waals surface area contributed by atoms with Gasteiger partial charge in [0.05, 0.1) is 5.75 Å². The molecule has 3 rings (SSSR count). The number of ether oxygens (including phenoxy) is 1. The standard InChI is InChI=1S/C19H17BrF2N4O2S/c20-15-4-2-1-3-14(15)17-24-19(26-25-17)29-11-16(27)23-10-9-12-5-7-13(8-6-12)28-18(21)22/h1-8,18H,9-11H2,(H,23,27)(H,24,25,26). The van der Waals surface area contributed by atoms with Crippen molar-refractivity contribution in [1.29, 1.82) is 0 Å². The van der Waals surface area contributed by atoms with Crippen LogP contribution in [0.3, 0.4) is 0 Å². The molecule has 10 heteroatoms. The summed E-state index contributed by atoms with van der Waals surface area (Å²) in [6, 6.07) is 14.0. The van der Waals surface area contributed by atoms with Gasteiger partial charge in [-0.25, -0.2) is 4.98 Å². The van der Waals surface area contributed by atoms with Gasteiger partial charge in [0.15, 0.2) is 5.82 Å². The Hall–Kier alpha value is -2.46. The molecule has 0 aliphatic heterocycles. The Bertz CT molecular complexity index is 953. The molecule has 2 aromatic carbocycles. The molecule has 3 aromatic rings. The van der Waals surface area contributed by atoms with E-state index in [4.69, 9.17) is 0 Å². The molecule has 0 unspecified atom stereocenters. The predicted octanol–water partition coefficient (Wildman–Crippen LogP) is 4.29. The van der Waals surface area contributed by atoms with Gasteiger partial charge in [0.2, 0.25) is 11.1 Å². The number of hydrogen-bond donors (Lipinski definition) is 2. The summed E-state index contributed by atoms with van der Waals surface area (Å²) in [5, 5.41) is 10.3. The lowest BCUT2D eigenvalue weighted by molar-refractivity contribution is -0.118. The average molecular weight is 483 g/mol. The van der Waals surface area contributed by atoms with Crippen molar-refractivity contribution in [3.63, 3.8) is 0 Å². The average Bonchev–Trinajstić information content (AvgIpc) is 3.16. The lowest BCUT2D eigenvalue weighted by atomic mass is 10.1. The van der Waals surface area contributed by atoms with E-state index >= 15 is 0 Å². The summed E-state index contributed by atoms with van der Waals surface area (Å²) in [6.07, 6.45) is 0.582. The Kier molecular flexibility index (Phi) is 7.59. The van der Waals surface area contributed by atoms with Crippen LogP contribution in [0.5, 0.6) is 5.75 Å². The van der Waals surface area contributed by atoms with Crippen molar-refractivity contribution in [1.82, 2.24) is 20.5 Å². The number of alkyl halides is 2. The van der Waals surface area contributed by atoms with Crippen molar-refractivity contribution in [2.24, 2.45) is 0 Å². The molecule has 1 aromatic heterocycles. The van der Waals surface area contributed by atoms with Gasteiger partial charge in [-0.05, 0) is 30.2 Å². The third-order valence-corrected chi connectivity index (χ3v) is 5.35. The fourth-order valence-electron chi connectivity index (χ4n) is 2.45. The fourth-order valence-corrected chi connectivity index (χ4v) is 3.55. The molecule has 0 fully saturated rings. The maximum atomic E-state index is 12.1. The lowest BCUT2D eigenvalue weighted by Crippen LogP contribution is -2.27. The summed E-state index contributed by atoms with van der Waals surface area (Å²) in [4.78, 5) is 16.4. The number of H-pyrrole nitrogens is 1. The third-order valence-electron chi connectivity index (χ3n) is 3.81. The second-order valence-electron chi connectivity index (χ2n) is 5.86. The van der Waals surface area contributed by atoms with Gasteiger partial charge >= 0.3 is 6.61 Å². The summed E-state index contributed by atoms with van der Waals surface area (Å²) in [5.41, 5.74) is 1.80. The first kappa shape index (κ1) is 21.3. The van der Waals surface area contributed by atoms with Gasteiger partial charge in [0.25, 0.3) is 0 Å². The van der Waals surface area contributed by atoms with Crippen LogP contribution in [0, 0.1) is 0 Å². The van der Waals surface area contributed by atoms with Crippen LogP contribution in [0.2, 0.25) is 0 Å². The molecule has 0 aliphatic rings. The molecule has 0 saturated heterocycles. The molecule has 0 spiro atoms. The van der Waals surface area contributed by atoms with E-state index in [0.29, 0.717) is 23.9 Å². The monoisotopic (exact) mass is 482 g/mol. The highest BCUT2D eigenvalue weighted by atomic mass is 79.9. The predicted molar refractivity (Wildman–Crippen MR) is 110 cm³/mol. The zero-order chi connectivity index (χ0) is 20.6. The van der Waals surface area contributed by atoms with Crippen LogP contribution in [0.15, 0.2) is 58.2 Å². The number of carbonyl (C=O) groups is 1. The Balaban J connectivity index is 1.41. The van der Waals surface area contributed by atoms with Crippen molar-refractivity contribution in [2.75, 3.05) is 12.3 Å². The largest absolute Gasteiger partial charge is 0.435 e. The molecule has 152 valence electrons. The SMILES string of the molecule is O=C(CSc1n[nH]c(-c2ccccc2Br)n1)NCCc1ccc(OC(F)F)cc1. The van der Waals surface area contributed by atoms with E-state index in [-0.39, 0.29) is 17.4 Å². The number of halogens is 3. The van der Waals surface area contributed by atoms with E-state index in [1.54, 1.807) is 12.1 Å². The minimum Gasteiger partial charge on any atom is -0.435 e. The second kappa shape index (κ2) is 10.4. The van der Waals surface area contributed by atoms with Crippen molar-refractivity contribution >= 4 is 33.6 Å². The number of carbonyl (C=O) groups excluding carboxylic acids is 1. The molecule has 0 saturated carbocycles. The Morgan fingerprint density at radius 3 is 2.69 bits per heavy atom. The van der Waals surface area contributed by atoms with Crippen LogP contribution in [-0.4, -0.2) is 40.0 Å². The number of amides is 1. The summed E-state index contributed by atoms with van der Waals surface area (Å²) in [6.45, 7) is -2.41. The maximum absolute atomic E-state index is 12.1. The fraction of sp³-hybridized carbons (Fsp3) is 0.211. The van der Waals surface area contributed by atoms with Gasteiger partial charge in [0, 0.05) is 16.6 Å². The summed E-state index contributed by atoms with van der Waals surface area (Å²) >= 11 is 4.70. The molecule has 0 radical (unpaired) electrons. The number of nitrogens with one attached hydrogen (secondary N) is 2. The highest BCUT2D eigenvalue weighted by molar-refractivity contribution is 9.10. The number of nitrogens with zero attached hydrogens (tertiary/aromatic N) is 2. The van der Waals surface area contributed by atoms with Crippen molar-refractivity contribution in [3.8, 4) is 17.1 Å². The minimum absolute atomic E-state index is 0.109. The molecule has 0 atom stereocenters. The first-order valence-electron chi connectivity index (χ1n) is 8.62. The van der Waals surface area contributed by atoms with Crippen LogP contribution in [0.4, 0.5) is 8.78 Å².